The van der Waals surface area contributed by atoms with Crippen LogP contribution in [0.2, 0.25) is 5.02 Å². The first-order chi connectivity index (χ1) is 8.38. The normalized spacial score (nSPS) is 11.8. The Hall–Kier alpha value is -0.260. The van der Waals surface area contributed by atoms with Gasteiger partial charge >= 0.3 is 6.18 Å². The molecule has 0 saturated carbocycles. The predicted octanol–water partition coefficient (Wildman–Crippen LogP) is 4.92. The third kappa shape index (κ3) is 6.61. The van der Waals surface area contributed by atoms with E-state index in [1.54, 1.807) is 0 Å². The van der Waals surface area contributed by atoms with Crippen LogP contribution in [0.3, 0.4) is 0 Å². The summed E-state index contributed by atoms with van der Waals surface area (Å²) >= 11 is 9.22. The first-order valence-electron chi connectivity index (χ1n) is 5.60. The lowest BCUT2D eigenvalue weighted by Gasteiger charge is -2.07. The molecular formula is C12H14BrClF3N. The van der Waals surface area contributed by atoms with Gasteiger partial charge in [-0.1, -0.05) is 17.7 Å². The van der Waals surface area contributed by atoms with Crippen LogP contribution in [0.4, 0.5) is 13.2 Å². The third-order valence-corrected chi connectivity index (χ3v) is 3.61. The summed E-state index contributed by atoms with van der Waals surface area (Å²) in [4.78, 5) is 0. The Kier molecular flexibility index (Phi) is 6.46. The van der Waals surface area contributed by atoms with Gasteiger partial charge in [0.25, 0.3) is 0 Å². The maximum Gasteiger partial charge on any atom is 0.389 e. The van der Waals surface area contributed by atoms with E-state index in [1.165, 1.54) is 0 Å². The summed E-state index contributed by atoms with van der Waals surface area (Å²) in [5.74, 6) is 0. The molecule has 0 bridgehead atoms. The number of hydrogen-bond donors (Lipinski definition) is 1. The van der Waals surface area contributed by atoms with Crippen LogP contribution >= 0.6 is 27.5 Å². The Morgan fingerprint density at radius 1 is 1.22 bits per heavy atom. The second-order valence-corrected chi connectivity index (χ2v) is 5.26. The highest BCUT2D eigenvalue weighted by molar-refractivity contribution is 9.10. The van der Waals surface area contributed by atoms with Crippen molar-refractivity contribution in [2.45, 2.75) is 32.0 Å². The van der Waals surface area contributed by atoms with Gasteiger partial charge in [-0.3, -0.25) is 0 Å². The average molecular weight is 345 g/mol. The zero-order valence-corrected chi connectivity index (χ0v) is 12.0. The Balaban J connectivity index is 2.16. The minimum absolute atomic E-state index is 0.164. The number of rotatable bonds is 6. The molecule has 0 atom stereocenters. The van der Waals surface area contributed by atoms with Gasteiger partial charge < -0.3 is 5.32 Å². The van der Waals surface area contributed by atoms with Gasteiger partial charge in [-0.05, 0) is 53.0 Å². The minimum atomic E-state index is -4.04. The number of halogens is 5. The second-order valence-electron chi connectivity index (χ2n) is 4.00. The first-order valence-corrected chi connectivity index (χ1v) is 6.77. The van der Waals surface area contributed by atoms with E-state index in [0.29, 0.717) is 24.5 Å². The number of unbranched alkanes of at least 4 members (excludes halogenated alkanes) is 1. The summed E-state index contributed by atoms with van der Waals surface area (Å²) in [5, 5.41) is 3.72. The van der Waals surface area contributed by atoms with Gasteiger partial charge in [-0.15, -0.1) is 0 Å². The molecule has 18 heavy (non-hydrogen) atoms. The number of benzene rings is 1. The molecule has 0 saturated heterocycles. The average Bonchev–Trinajstić information content (AvgIpc) is 2.26. The molecule has 1 aromatic carbocycles. The van der Waals surface area contributed by atoms with E-state index in [0.717, 1.165) is 10.0 Å². The number of nitrogens with one attached hydrogen (secondary N) is 1. The fourth-order valence-corrected chi connectivity index (χ4v) is 1.91. The lowest BCUT2D eigenvalue weighted by atomic mass is 10.2. The fraction of sp³-hybridized carbons (Fsp3) is 0.500. The van der Waals surface area contributed by atoms with Crippen molar-refractivity contribution >= 4 is 27.5 Å². The van der Waals surface area contributed by atoms with Crippen LogP contribution in [-0.2, 0) is 6.54 Å². The van der Waals surface area contributed by atoms with Crippen LogP contribution < -0.4 is 5.32 Å². The molecule has 0 unspecified atom stereocenters. The van der Waals surface area contributed by atoms with Crippen LogP contribution in [0, 0.1) is 0 Å². The van der Waals surface area contributed by atoms with E-state index < -0.39 is 12.6 Å². The summed E-state index contributed by atoms with van der Waals surface area (Å²) in [6, 6.07) is 5.59. The summed E-state index contributed by atoms with van der Waals surface area (Å²) in [5.41, 5.74) is 1.01. The molecule has 0 fully saturated rings. The molecular weight excluding hydrogens is 330 g/mol. The van der Waals surface area contributed by atoms with E-state index in [9.17, 15) is 13.2 Å². The molecule has 0 aliphatic carbocycles. The fourth-order valence-electron chi connectivity index (χ4n) is 1.46. The Morgan fingerprint density at radius 2 is 1.94 bits per heavy atom. The van der Waals surface area contributed by atoms with E-state index in [1.807, 2.05) is 18.2 Å². The second kappa shape index (κ2) is 7.36. The highest BCUT2D eigenvalue weighted by Crippen LogP contribution is 2.23. The highest BCUT2D eigenvalue weighted by atomic mass is 79.9. The topological polar surface area (TPSA) is 12.0 Å². The summed E-state index contributed by atoms with van der Waals surface area (Å²) < 4.78 is 36.4. The van der Waals surface area contributed by atoms with Crippen molar-refractivity contribution < 1.29 is 13.2 Å². The van der Waals surface area contributed by atoms with Crippen molar-refractivity contribution in [2.75, 3.05) is 6.54 Å². The third-order valence-electron chi connectivity index (χ3n) is 2.38. The van der Waals surface area contributed by atoms with Crippen LogP contribution in [-0.4, -0.2) is 12.7 Å². The molecule has 0 radical (unpaired) electrons. The van der Waals surface area contributed by atoms with Gasteiger partial charge in [-0.25, -0.2) is 0 Å². The summed E-state index contributed by atoms with van der Waals surface area (Å²) in [6.45, 7) is 1.18. The predicted molar refractivity (Wildman–Crippen MR) is 70.8 cm³/mol. The Labute approximate surface area is 118 Å². The van der Waals surface area contributed by atoms with E-state index in [4.69, 9.17) is 11.6 Å². The van der Waals surface area contributed by atoms with Crippen LogP contribution in [0.15, 0.2) is 22.7 Å². The molecule has 102 valence electrons. The molecule has 0 aromatic heterocycles. The smallest absolute Gasteiger partial charge is 0.313 e. The van der Waals surface area contributed by atoms with Crippen molar-refractivity contribution in [3.8, 4) is 0 Å². The maximum atomic E-state index is 11.9. The Bertz CT molecular complexity index is 382. The highest BCUT2D eigenvalue weighted by Gasteiger charge is 2.25. The summed E-state index contributed by atoms with van der Waals surface area (Å²) in [7, 11) is 0. The molecule has 0 spiro atoms. The molecule has 0 aliphatic heterocycles. The zero-order valence-electron chi connectivity index (χ0n) is 9.66. The quantitative estimate of drug-likeness (QED) is 0.722. The van der Waals surface area contributed by atoms with E-state index in [2.05, 4.69) is 21.2 Å². The Morgan fingerprint density at radius 3 is 2.56 bits per heavy atom. The first kappa shape index (κ1) is 15.8. The number of hydrogen-bond acceptors (Lipinski definition) is 1. The van der Waals surface area contributed by atoms with Crippen LogP contribution in [0.25, 0.3) is 0 Å². The molecule has 1 nitrogen and oxygen atoms in total. The maximum absolute atomic E-state index is 11.9. The van der Waals surface area contributed by atoms with Crippen molar-refractivity contribution in [3.63, 3.8) is 0 Å². The minimum Gasteiger partial charge on any atom is -0.313 e. The standard InChI is InChI=1S/C12H14BrClF3N/c13-10-4-3-9(7-11(10)14)8-18-6-2-1-5-12(15,16)17/h3-4,7,18H,1-2,5-6,8H2. The molecule has 0 amide bonds. The van der Waals surface area contributed by atoms with E-state index >= 15 is 0 Å². The van der Waals surface area contributed by atoms with Crippen molar-refractivity contribution in [1.82, 2.24) is 5.32 Å². The van der Waals surface area contributed by atoms with Crippen LogP contribution in [0.5, 0.6) is 0 Å². The lowest BCUT2D eigenvalue weighted by molar-refractivity contribution is -0.135. The van der Waals surface area contributed by atoms with Crippen molar-refractivity contribution in [2.24, 2.45) is 0 Å². The molecule has 1 rings (SSSR count). The largest absolute Gasteiger partial charge is 0.389 e. The van der Waals surface area contributed by atoms with E-state index in [-0.39, 0.29) is 6.42 Å². The molecule has 1 N–H and O–H groups in total. The van der Waals surface area contributed by atoms with Gasteiger partial charge in [0.15, 0.2) is 0 Å². The molecule has 6 heteroatoms. The summed E-state index contributed by atoms with van der Waals surface area (Å²) in [6.07, 6.45) is -4.07. The SMILES string of the molecule is FC(F)(F)CCCCNCc1ccc(Br)c(Cl)c1. The van der Waals surface area contributed by atoms with Crippen molar-refractivity contribution in [1.29, 1.82) is 0 Å². The van der Waals surface area contributed by atoms with Gasteiger partial charge in [0.05, 0.1) is 5.02 Å². The lowest BCUT2D eigenvalue weighted by Crippen LogP contribution is -2.15. The number of alkyl halides is 3. The molecule has 0 aliphatic rings. The molecule has 0 heterocycles. The van der Waals surface area contributed by atoms with Crippen LogP contribution in [0.1, 0.15) is 24.8 Å². The van der Waals surface area contributed by atoms with Gasteiger partial charge in [0, 0.05) is 17.4 Å². The van der Waals surface area contributed by atoms with Gasteiger partial charge in [0.2, 0.25) is 0 Å². The molecule has 1 aromatic rings. The van der Waals surface area contributed by atoms with Crippen molar-refractivity contribution in [3.05, 3.63) is 33.3 Å². The van der Waals surface area contributed by atoms with Gasteiger partial charge in [0.1, 0.15) is 0 Å². The zero-order chi connectivity index (χ0) is 13.6. The van der Waals surface area contributed by atoms with Gasteiger partial charge in [-0.2, -0.15) is 13.2 Å². The monoisotopic (exact) mass is 343 g/mol.